The molecular formula is C17H26N2O. The largest absolute Gasteiger partial charge is 0.376 e. The summed E-state index contributed by atoms with van der Waals surface area (Å²) in [6, 6.07) is 11.0. The standard InChI is InChI=1S/C17H26N2O/c18-16-7-4-12-20-17(16)15-8-10-19(11-9-15)13-14-5-2-1-3-6-14/h1-3,5-6,15-17H,4,7-13,18H2. The summed E-state index contributed by atoms with van der Waals surface area (Å²) in [7, 11) is 0. The quantitative estimate of drug-likeness (QED) is 0.920. The summed E-state index contributed by atoms with van der Waals surface area (Å²) >= 11 is 0. The number of ether oxygens (including phenoxy) is 1. The Bertz CT molecular complexity index is 401. The van der Waals surface area contributed by atoms with Crippen molar-refractivity contribution in [1.29, 1.82) is 0 Å². The van der Waals surface area contributed by atoms with Crippen molar-refractivity contribution in [2.75, 3.05) is 19.7 Å². The van der Waals surface area contributed by atoms with Gasteiger partial charge in [-0.2, -0.15) is 0 Å². The van der Waals surface area contributed by atoms with Gasteiger partial charge in [-0.1, -0.05) is 30.3 Å². The van der Waals surface area contributed by atoms with Crippen molar-refractivity contribution in [3.05, 3.63) is 35.9 Å². The second-order valence-electron chi connectivity index (χ2n) is 6.24. The van der Waals surface area contributed by atoms with E-state index in [-0.39, 0.29) is 6.04 Å². The molecule has 3 rings (SSSR count). The van der Waals surface area contributed by atoms with E-state index in [1.165, 1.54) is 31.5 Å². The molecule has 2 N–H and O–H groups in total. The Morgan fingerprint density at radius 1 is 1.10 bits per heavy atom. The second-order valence-corrected chi connectivity index (χ2v) is 6.24. The number of piperidine rings is 1. The summed E-state index contributed by atoms with van der Waals surface area (Å²) in [5.41, 5.74) is 7.64. The van der Waals surface area contributed by atoms with Crippen LogP contribution in [0, 0.1) is 5.92 Å². The molecule has 0 radical (unpaired) electrons. The number of likely N-dealkylation sites (tertiary alicyclic amines) is 1. The highest BCUT2D eigenvalue weighted by Gasteiger charge is 2.32. The molecule has 2 aliphatic heterocycles. The van der Waals surface area contributed by atoms with Crippen LogP contribution in [-0.2, 0) is 11.3 Å². The summed E-state index contributed by atoms with van der Waals surface area (Å²) in [4.78, 5) is 2.56. The van der Waals surface area contributed by atoms with Gasteiger partial charge in [0, 0.05) is 19.2 Å². The van der Waals surface area contributed by atoms with Gasteiger partial charge in [0.1, 0.15) is 0 Å². The molecule has 110 valence electrons. The first kappa shape index (κ1) is 14.1. The first-order valence-corrected chi connectivity index (χ1v) is 7.96. The molecule has 3 nitrogen and oxygen atoms in total. The zero-order valence-electron chi connectivity index (χ0n) is 12.2. The van der Waals surface area contributed by atoms with Crippen molar-refractivity contribution >= 4 is 0 Å². The maximum atomic E-state index is 6.23. The Morgan fingerprint density at radius 3 is 2.55 bits per heavy atom. The fraction of sp³-hybridized carbons (Fsp3) is 0.647. The van der Waals surface area contributed by atoms with Gasteiger partial charge in [0.25, 0.3) is 0 Å². The highest BCUT2D eigenvalue weighted by molar-refractivity contribution is 5.14. The van der Waals surface area contributed by atoms with Crippen LogP contribution in [0.1, 0.15) is 31.2 Å². The van der Waals surface area contributed by atoms with Crippen LogP contribution in [0.4, 0.5) is 0 Å². The third-order valence-corrected chi connectivity index (χ3v) is 4.76. The molecule has 2 saturated heterocycles. The van der Waals surface area contributed by atoms with Crippen LogP contribution >= 0.6 is 0 Å². The van der Waals surface area contributed by atoms with Crippen molar-refractivity contribution in [2.24, 2.45) is 11.7 Å². The zero-order valence-corrected chi connectivity index (χ0v) is 12.2. The van der Waals surface area contributed by atoms with Crippen LogP contribution in [-0.4, -0.2) is 36.7 Å². The van der Waals surface area contributed by atoms with E-state index in [9.17, 15) is 0 Å². The summed E-state index contributed by atoms with van der Waals surface area (Å²) in [5.74, 6) is 0.664. The molecule has 1 aromatic carbocycles. The fourth-order valence-electron chi connectivity index (χ4n) is 3.59. The summed E-state index contributed by atoms with van der Waals surface area (Å²) < 4.78 is 5.94. The highest BCUT2D eigenvalue weighted by Crippen LogP contribution is 2.28. The van der Waals surface area contributed by atoms with Gasteiger partial charge in [-0.15, -0.1) is 0 Å². The number of nitrogens with zero attached hydrogens (tertiary/aromatic N) is 1. The lowest BCUT2D eigenvalue weighted by atomic mass is 9.85. The predicted molar refractivity (Wildman–Crippen MR) is 81.4 cm³/mol. The molecule has 3 heteroatoms. The van der Waals surface area contributed by atoms with Crippen LogP contribution in [0.2, 0.25) is 0 Å². The average Bonchev–Trinajstić information content (AvgIpc) is 2.50. The van der Waals surface area contributed by atoms with Gasteiger partial charge in [-0.05, 0) is 50.3 Å². The molecule has 2 unspecified atom stereocenters. The smallest absolute Gasteiger partial charge is 0.0754 e. The van der Waals surface area contributed by atoms with Crippen molar-refractivity contribution in [2.45, 2.75) is 44.4 Å². The molecule has 2 heterocycles. The molecule has 0 bridgehead atoms. The Hall–Kier alpha value is -0.900. The molecule has 1 aromatic rings. The van der Waals surface area contributed by atoms with Crippen LogP contribution in [0.25, 0.3) is 0 Å². The normalized spacial score (nSPS) is 29.4. The Kier molecular flexibility index (Phi) is 4.71. The van der Waals surface area contributed by atoms with E-state index in [0.29, 0.717) is 12.0 Å². The van der Waals surface area contributed by atoms with Crippen molar-refractivity contribution in [3.63, 3.8) is 0 Å². The number of rotatable bonds is 3. The van der Waals surface area contributed by atoms with E-state index in [0.717, 1.165) is 26.0 Å². The van der Waals surface area contributed by atoms with Crippen molar-refractivity contribution < 1.29 is 4.74 Å². The first-order valence-electron chi connectivity index (χ1n) is 7.96. The number of benzene rings is 1. The minimum absolute atomic E-state index is 0.259. The molecule has 2 fully saturated rings. The van der Waals surface area contributed by atoms with Crippen LogP contribution in [0.15, 0.2) is 30.3 Å². The number of hydrogen-bond acceptors (Lipinski definition) is 3. The monoisotopic (exact) mass is 274 g/mol. The summed E-state index contributed by atoms with van der Waals surface area (Å²) in [6.45, 7) is 4.33. The van der Waals surface area contributed by atoms with Gasteiger partial charge in [0.15, 0.2) is 0 Å². The molecule has 0 aromatic heterocycles. The second kappa shape index (κ2) is 6.70. The Morgan fingerprint density at radius 2 is 1.85 bits per heavy atom. The van der Waals surface area contributed by atoms with Crippen LogP contribution in [0.3, 0.4) is 0 Å². The predicted octanol–water partition coefficient (Wildman–Crippen LogP) is 2.40. The van der Waals surface area contributed by atoms with E-state index in [1.807, 2.05) is 0 Å². The summed E-state index contributed by atoms with van der Waals surface area (Å²) in [6.07, 6.45) is 5.03. The number of hydrogen-bond donors (Lipinski definition) is 1. The van der Waals surface area contributed by atoms with Crippen LogP contribution in [0.5, 0.6) is 0 Å². The van der Waals surface area contributed by atoms with Gasteiger partial charge in [0.05, 0.1) is 6.10 Å². The lowest BCUT2D eigenvalue weighted by Crippen LogP contribution is -2.48. The third-order valence-electron chi connectivity index (χ3n) is 4.76. The van der Waals surface area contributed by atoms with Gasteiger partial charge in [0.2, 0.25) is 0 Å². The zero-order chi connectivity index (χ0) is 13.8. The van der Waals surface area contributed by atoms with Gasteiger partial charge >= 0.3 is 0 Å². The molecule has 0 amide bonds. The molecule has 0 spiro atoms. The van der Waals surface area contributed by atoms with Crippen molar-refractivity contribution in [3.8, 4) is 0 Å². The molecule has 2 atom stereocenters. The number of nitrogens with two attached hydrogens (primary N) is 1. The van der Waals surface area contributed by atoms with E-state index < -0.39 is 0 Å². The fourth-order valence-corrected chi connectivity index (χ4v) is 3.59. The molecule has 2 aliphatic rings. The van der Waals surface area contributed by atoms with E-state index >= 15 is 0 Å². The highest BCUT2D eigenvalue weighted by atomic mass is 16.5. The lowest BCUT2D eigenvalue weighted by molar-refractivity contribution is -0.0502. The maximum Gasteiger partial charge on any atom is 0.0754 e. The SMILES string of the molecule is NC1CCCOC1C1CCN(Cc2ccccc2)CC1. The molecular weight excluding hydrogens is 248 g/mol. The maximum absolute atomic E-state index is 6.23. The van der Waals surface area contributed by atoms with Crippen LogP contribution < -0.4 is 5.73 Å². The third kappa shape index (κ3) is 3.40. The summed E-state index contributed by atoms with van der Waals surface area (Å²) in [5, 5.41) is 0. The topological polar surface area (TPSA) is 38.5 Å². The van der Waals surface area contributed by atoms with E-state index in [1.54, 1.807) is 0 Å². The van der Waals surface area contributed by atoms with Gasteiger partial charge < -0.3 is 10.5 Å². The molecule has 0 aliphatic carbocycles. The molecule has 0 saturated carbocycles. The minimum Gasteiger partial charge on any atom is -0.376 e. The molecule has 20 heavy (non-hydrogen) atoms. The van der Waals surface area contributed by atoms with Gasteiger partial charge in [-0.3, -0.25) is 4.90 Å². The van der Waals surface area contributed by atoms with E-state index in [2.05, 4.69) is 35.2 Å². The Balaban J connectivity index is 1.49. The van der Waals surface area contributed by atoms with Crippen molar-refractivity contribution in [1.82, 2.24) is 4.90 Å². The van der Waals surface area contributed by atoms with E-state index in [4.69, 9.17) is 10.5 Å². The minimum atomic E-state index is 0.259. The Labute approximate surface area is 122 Å². The first-order chi connectivity index (χ1) is 9.83. The van der Waals surface area contributed by atoms with Gasteiger partial charge in [-0.25, -0.2) is 0 Å². The average molecular weight is 274 g/mol. The lowest BCUT2D eigenvalue weighted by Gasteiger charge is -2.40.